The van der Waals surface area contributed by atoms with Crippen LogP contribution in [-0.4, -0.2) is 30.7 Å². The van der Waals surface area contributed by atoms with Crippen molar-refractivity contribution in [2.24, 2.45) is 22.1 Å². The fraction of sp³-hybridized carbons (Fsp3) is 0.667. The molecule has 5 unspecified atom stereocenters. The van der Waals surface area contributed by atoms with E-state index in [1.54, 1.807) is 0 Å². The van der Waals surface area contributed by atoms with Crippen molar-refractivity contribution in [2.75, 3.05) is 6.61 Å². The molecule has 3 N–H and O–H groups in total. The summed E-state index contributed by atoms with van der Waals surface area (Å²) in [5, 5.41) is 3.26. The number of fused-ring (bicyclic) bond motifs is 4. The van der Waals surface area contributed by atoms with E-state index in [2.05, 4.69) is 37.4 Å². The zero-order valence-corrected chi connectivity index (χ0v) is 18.8. The Morgan fingerprint density at radius 3 is 2.77 bits per heavy atom. The lowest BCUT2D eigenvalue weighted by Crippen LogP contribution is -2.55. The minimum absolute atomic E-state index is 0.0491. The van der Waals surface area contributed by atoms with E-state index >= 15 is 0 Å². The molecular formula is C24H35N3O3. The van der Waals surface area contributed by atoms with Gasteiger partial charge < -0.3 is 20.5 Å². The van der Waals surface area contributed by atoms with E-state index in [9.17, 15) is 4.79 Å². The van der Waals surface area contributed by atoms with Crippen molar-refractivity contribution in [1.82, 2.24) is 5.32 Å². The second-order valence-electron chi connectivity index (χ2n) is 10.2. The second-order valence-corrected chi connectivity index (χ2v) is 10.2. The van der Waals surface area contributed by atoms with Gasteiger partial charge in [-0.25, -0.2) is 4.99 Å². The molecule has 1 spiro atoms. The van der Waals surface area contributed by atoms with Gasteiger partial charge in [0.25, 0.3) is 6.02 Å². The Morgan fingerprint density at radius 1 is 1.37 bits per heavy atom. The van der Waals surface area contributed by atoms with Gasteiger partial charge in [-0.05, 0) is 49.3 Å². The first-order valence-electron chi connectivity index (χ1n) is 11.2. The third-order valence-corrected chi connectivity index (χ3v) is 7.10. The molecule has 1 aromatic carbocycles. The summed E-state index contributed by atoms with van der Waals surface area (Å²) < 4.78 is 12.2. The van der Waals surface area contributed by atoms with Gasteiger partial charge in [0, 0.05) is 22.9 Å². The molecule has 4 rings (SSSR count). The summed E-state index contributed by atoms with van der Waals surface area (Å²) in [6.45, 7) is 10.7. The van der Waals surface area contributed by atoms with Crippen molar-refractivity contribution >= 4 is 11.9 Å². The van der Waals surface area contributed by atoms with Crippen LogP contribution in [0.15, 0.2) is 23.2 Å². The molecule has 0 radical (unpaired) electrons. The molecule has 164 valence electrons. The number of carbonyl (C=O) groups excluding carboxylic acids is 1. The van der Waals surface area contributed by atoms with Gasteiger partial charge in [-0.2, -0.15) is 0 Å². The molecule has 1 aliphatic carbocycles. The molecule has 3 aliphatic rings. The summed E-state index contributed by atoms with van der Waals surface area (Å²) >= 11 is 0. The number of nitrogens with zero attached hydrogens (tertiary/aromatic N) is 1. The molecule has 0 aromatic heterocycles. The lowest BCUT2D eigenvalue weighted by atomic mass is 9.66. The topological polar surface area (TPSA) is 85.9 Å². The van der Waals surface area contributed by atoms with Crippen LogP contribution < -0.4 is 15.8 Å². The molecule has 1 saturated carbocycles. The predicted molar refractivity (Wildman–Crippen MR) is 118 cm³/mol. The Morgan fingerprint density at radius 2 is 2.13 bits per heavy atom. The summed E-state index contributed by atoms with van der Waals surface area (Å²) in [6, 6.07) is 6.85. The zero-order valence-electron chi connectivity index (χ0n) is 18.8. The van der Waals surface area contributed by atoms with E-state index in [0.29, 0.717) is 12.5 Å². The molecule has 1 aromatic rings. The van der Waals surface area contributed by atoms with Crippen molar-refractivity contribution in [3.8, 4) is 5.75 Å². The molecule has 6 heteroatoms. The van der Waals surface area contributed by atoms with Crippen LogP contribution in [-0.2, 0) is 15.1 Å². The highest BCUT2D eigenvalue weighted by Crippen LogP contribution is 2.52. The summed E-state index contributed by atoms with van der Waals surface area (Å²) in [7, 11) is 0. The maximum atomic E-state index is 12.6. The van der Waals surface area contributed by atoms with Gasteiger partial charge in [0.2, 0.25) is 5.91 Å². The SMILES string of the molecule is CCC(C)c1ccc2c(c1)C1(COC(N)=N1)C1CC(NC(=O)C(C)(C)C)CCC1O2. The van der Waals surface area contributed by atoms with E-state index in [0.717, 1.165) is 37.0 Å². The highest BCUT2D eigenvalue weighted by atomic mass is 16.5. The van der Waals surface area contributed by atoms with Crippen molar-refractivity contribution in [3.63, 3.8) is 0 Å². The lowest BCUT2D eigenvalue weighted by molar-refractivity contribution is -0.130. The van der Waals surface area contributed by atoms with Crippen LogP contribution in [0.3, 0.4) is 0 Å². The fourth-order valence-electron chi connectivity index (χ4n) is 4.99. The summed E-state index contributed by atoms with van der Waals surface area (Å²) in [4.78, 5) is 17.5. The molecule has 0 bridgehead atoms. The number of aliphatic imine (C=N–C) groups is 1. The van der Waals surface area contributed by atoms with E-state index in [4.69, 9.17) is 20.2 Å². The van der Waals surface area contributed by atoms with E-state index < -0.39 is 11.0 Å². The number of hydrogen-bond donors (Lipinski definition) is 2. The van der Waals surface area contributed by atoms with Crippen molar-refractivity contribution in [3.05, 3.63) is 29.3 Å². The smallest absolute Gasteiger partial charge is 0.283 e. The minimum Gasteiger partial charge on any atom is -0.490 e. The summed E-state index contributed by atoms with van der Waals surface area (Å²) in [5.41, 5.74) is 7.44. The predicted octanol–water partition coefficient (Wildman–Crippen LogP) is 3.83. The van der Waals surface area contributed by atoms with Crippen LogP contribution in [0.1, 0.15) is 77.3 Å². The minimum atomic E-state index is -0.545. The van der Waals surface area contributed by atoms with Gasteiger partial charge in [-0.15, -0.1) is 0 Å². The van der Waals surface area contributed by atoms with Gasteiger partial charge >= 0.3 is 0 Å². The number of ether oxygens (including phenoxy) is 2. The van der Waals surface area contributed by atoms with Crippen LogP contribution in [0.2, 0.25) is 0 Å². The van der Waals surface area contributed by atoms with E-state index in [1.165, 1.54) is 5.56 Å². The van der Waals surface area contributed by atoms with E-state index in [-0.39, 0.29) is 30.0 Å². The average Bonchev–Trinajstić information content (AvgIpc) is 3.09. The first kappa shape index (κ1) is 21.0. The molecule has 2 aliphatic heterocycles. The Labute approximate surface area is 179 Å². The number of carbonyl (C=O) groups is 1. The van der Waals surface area contributed by atoms with Crippen molar-refractivity contribution < 1.29 is 14.3 Å². The van der Waals surface area contributed by atoms with Gasteiger partial charge in [-0.3, -0.25) is 4.79 Å². The second kappa shape index (κ2) is 7.47. The molecular weight excluding hydrogens is 378 g/mol. The Bertz CT molecular complexity index is 860. The van der Waals surface area contributed by atoms with Crippen LogP contribution in [0, 0.1) is 11.3 Å². The molecule has 6 nitrogen and oxygen atoms in total. The number of rotatable bonds is 3. The Balaban J connectivity index is 1.70. The fourth-order valence-corrected chi connectivity index (χ4v) is 4.99. The Kier molecular flexibility index (Phi) is 5.23. The van der Waals surface area contributed by atoms with Gasteiger partial charge in [0.1, 0.15) is 24.0 Å². The normalized spacial score (nSPS) is 31.1. The number of hydrogen-bond acceptors (Lipinski definition) is 5. The lowest BCUT2D eigenvalue weighted by Gasteiger charge is -2.48. The van der Waals surface area contributed by atoms with Crippen LogP contribution in [0.25, 0.3) is 0 Å². The maximum absolute atomic E-state index is 12.6. The molecule has 5 atom stereocenters. The number of amides is 1. The third-order valence-electron chi connectivity index (χ3n) is 7.10. The standard InChI is InChI=1S/C24H35N3O3/c1-6-14(2)15-7-9-19-17(11-15)24(13-29-22(25)27-24)18-12-16(8-10-20(18)30-19)26-21(28)23(3,4)5/h7,9,11,14,16,18,20H,6,8,10,12-13H2,1-5H3,(H2,25,27)(H,26,28). The monoisotopic (exact) mass is 413 g/mol. The summed E-state index contributed by atoms with van der Waals surface area (Å²) in [5.74, 6) is 1.54. The molecule has 1 amide bonds. The van der Waals surface area contributed by atoms with Crippen LogP contribution in [0.4, 0.5) is 0 Å². The number of benzene rings is 1. The average molecular weight is 414 g/mol. The van der Waals surface area contributed by atoms with Crippen LogP contribution >= 0.6 is 0 Å². The number of nitrogens with two attached hydrogens (primary N) is 1. The molecule has 0 saturated heterocycles. The van der Waals surface area contributed by atoms with Gasteiger partial charge in [0.15, 0.2) is 0 Å². The highest BCUT2D eigenvalue weighted by Gasteiger charge is 2.55. The summed E-state index contributed by atoms with van der Waals surface area (Å²) in [6.07, 6.45) is 3.71. The molecule has 1 fully saturated rings. The van der Waals surface area contributed by atoms with E-state index in [1.807, 2.05) is 20.8 Å². The third kappa shape index (κ3) is 3.54. The maximum Gasteiger partial charge on any atom is 0.283 e. The van der Waals surface area contributed by atoms with Gasteiger partial charge in [0.05, 0.1) is 0 Å². The van der Waals surface area contributed by atoms with Gasteiger partial charge in [-0.1, -0.05) is 40.7 Å². The first-order valence-corrected chi connectivity index (χ1v) is 11.2. The molecule has 30 heavy (non-hydrogen) atoms. The Hall–Kier alpha value is -2.24. The van der Waals surface area contributed by atoms with Crippen molar-refractivity contribution in [2.45, 2.75) is 83.9 Å². The van der Waals surface area contributed by atoms with Crippen LogP contribution in [0.5, 0.6) is 5.75 Å². The highest BCUT2D eigenvalue weighted by molar-refractivity contribution is 5.81. The largest absolute Gasteiger partial charge is 0.490 e. The van der Waals surface area contributed by atoms with Crippen molar-refractivity contribution in [1.29, 1.82) is 0 Å². The zero-order chi connectivity index (χ0) is 21.7. The number of amidine groups is 1. The number of nitrogens with one attached hydrogen (secondary N) is 1. The first-order chi connectivity index (χ1) is 14.1. The molecule has 2 heterocycles. The quantitative estimate of drug-likeness (QED) is 0.788.